The molecule has 5 nitrogen and oxygen atoms in total. The second-order valence-electron chi connectivity index (χ2n) is 4.56. The van der Waals surface area contributed by atoms with Gasteiger partial charge in [-0.05, 0) is 34.1 Å². The Labute approximate surface area is 115 Å². The minimum absolute atomic E-state index is 0.0213. The minimum Gasteiger partial charge on any atom is -0.472 e. The molecule has 0 aliphatic heterocycles. The Balaban J connectivity index is 2.79. The van der Waals surface area contributed by atoms with E-state index in [0.717, 1.165) is 24.3 Å². The summed E-state index contributed by atoms with van der Waals surface area (Å²) in [6, 6.07) is 0. The summed E-state index contributed by atoms with van der Waals surface area (Å²) in [7, 11) is 0. The van der Waals surface area contributed by atoms with Gasteiger partial charge in [-0.2, -0.15) is 4.98 Å². The highest BCUT2D eigenvalue weighted by Crippen LogP contribution is 2.22. The number of hydrogen-bond acceptors (Lipinski definition) is 5. The zero-order chi connectivity index (χ0) is 14.3. The molecule has 5 heteroatoms. The molecule has 0 fully saturated rings. The van der Waals surface area contributed by atoms with Gasteiger partial charge < -0.3 is 14.8 Å². The second-order valence-corrected chi connectivity index (χ2v) is 4.56. The largest absolute Gasteiger partial charge is 0.472 e. The van der Waals surface area contributed by atoms with Crippen molar-refractivity contribution in [1.82, 2.24) is 9.97 Å². The molecule has 1 rings (SSSR count). The van der Waals surface area contributed by atoms with Gasteiger partial charge in [-0.3, -0.25) is 0 Å². The zero-order valence-electron chi connectivity index (χ0n) is 12.6. The molecule has 1 aromatic heterocycles. The predicted octanol–water partition coefficient (Wildman–Crippen LogP) is 2.72. The Hall–Kier alpha value is -1.36. The second kappa shape index (κ2) is 7.94. The van der Waals surface area contributed by atoms with E-state index >= 15 is 0 Å². The monoisotopic (exact) mass is 267 g/mol. The van der Waals surface area contributed by atoms with E-state index in [1.165, 1.54) is 0 Å². The number of nitrogens with zero attached hydrogens (tertiary/aromatic N) is 2. The molecule has 0 saturated heterocycles. The fourth-order valence-electron chi connectivity index (χ4n) is 1.64. The van der Waals surface area contributed by atoms with Crippen LogP contribution < -0.4 is 10.1 Å². The van der Waals surface area contributed by atoms with Crippen LogP contribution in [0.3, 0.4) is 0 Å². The molecule has 0 radical (unpaired) electrons. The third-order valence-corrected chi connectivity index (χ3v) is 2.62. The van der Waals surface area contributed by atoms with Crippen molar-refractivity contribution in [1.29, 1.82) is 0 Å². The van der Waals surface area contributed by atoms with E-state index in [4.69, 9.17) is 9.47 Å². The summed E-state index contributed by atoms with van der Waals surface area (Å²) in [5.74, 6) is 2.20. The van der Waals surface area contributed by atoms with Crippen LogP contribution in [0.15, 0.2) is 0 Å². The number of aryl methyl sites for hydroxylation is 1. The molecule has 1 atom stereocenters. The van der Waals surface area contributed by atoms with Crippen molar-refractivity contribution in [3.8, 4) is 5.88 Å². The van der Waals surface area contributed by atoms with Crippen LogP contribution in [0, 0.1) is 13.8 Å². The van der Waals surface area contributed by atoms with E-state index in [1.54, 1.807) is 0 Å². The molecule has 0 aliphatic rings. The van der Waals surface area contributed by atoms with Crippen molar-refractivity contribution in [2.45, 2.75) is 47.1 Å². The fourth-order valence-corrected chi connectivity index (χ4v) is 1.64. The maximum Gasteiger partial charge on any atom is 0.222 e. The average Bonchev–Trinajstić information content (AvgIpc) is 2.38. The van der Waals surface area contributed by atoms with Crippen LogP contribution in [0.1, 0.15) is 38.6 Å². The van der Waals surface area contributed by atoms with E-state index < -0.39 is 0 Å². The van der Waals surface area contributed by atoms with E-state index in [0.29, 0.717) is 24.9 Å². The normalized spacial score (nSPS) is 12.3. The standard InChI is InChI=1S/C14H25N3O2/c1-6-8-15-13-11(4)14(17-12(5)16-13)19-10(3)9-18-7-2/h10H,6-9H2,1-5H3,(H,15,16,17). The molecule has 1 N–H and O–H groups in total. The Morgan fingerprint density at radius 2 is 1.95 bits per heavy atom. The Morgan fingerprint density at radius 1 is 1.21 bits per heavy atom. The van der Waals surface area contributed by atoms with Crippen LogP contribution in [0.4, 0.5) is 5.82 Å². The first-order valence-corrected chi connectivity index (χ1v) is 6.91. The number of anilines is 1. The van der Waals surface area contributed by atoms with Crippen LogP contribution in [0.5, 0.6) is 5.88 Å². The summed E-state index contributed by atoms with van der Waals surface area (Å²) in [5, 5.41) is 3.30. The van der Waals surface area contributed by atoms with Gasteiger partial charge in [0.2, 0.25) is 5.88 Å². The van der Waals surface area contributed by atoms with Crippen LogP contribution in [-0.2, 0) is 4.74 Å². The first kappa shape index (κ1) is 15.7. The number of hydrogen-bond donors (Lipinski definition) is 1. The number of nitrogens with one attached hydrogen (secondary N) is 1. The third kappa shape index (κ3) is 5.03. The highest BCUT2D eigenvalue weighted by molar-refractivity contribution is 5.48. The Bertz CT molecular complexity index is 397. The van der Waals surface area contributed by atoms with Gasteiger partial charge in [0.15, 0.2) is 0 Å². The molecule has 0 saturated carbocycles. The number of aromatic nitrogens is 2. The van der Waals surface area contributed by atoms with Gasteiger partial charge in [0.25, 0.3) is 0 Å². The molecule has 0 bridgehead atoms. The molecular formula is C14H25N3O2. The molecule has 19 heavy (non-hydrogen) atoms. The van der Waals surface area contributed by atoms with Crippen molar-refractivity contribution >= 4 is 5.82 Å². The number of ether oxygens (including phenoxy) is 2. The molecule has 0 aliphatic carbocycles. The summed E-state index contributed by atoms with van der Waals surface area (Å²) in [6.45, 7) is 12.1. The van der Waals surface area contributed by atoms with E-state index in [-0.39, 0.29) is 6.10 Å². The van der Waals surface area contributed by atoms with Gasteiger partial charge in [-0.25, -0.2) is 4.98 Å². The maximum absolute atomic E-state index is 5.83. The molecule has 108 valence electrons. The molecule has 0 spiro atoms. The van der Waals surface area contributed by atoms with Crippen molar-refractivity contribution in [2.24, 2.45) is 0 Å². The summed E-state index contributed by atoms with van der Waals surface area (Å²) < 4.78 is 11.2. The van der Waals surface area contributed by atoms with Crippen molar-refractivity contribution < 1.29 is 9.47 Å². The lowest BCUT2D eigenvalue weighted by Crippen LogP contribution is -2.21. The average molecular weight is 267 g/mol. The minimum atomic E-state index is -0.0213. The molecule has 0 amide bonds. The lowest BCUT2D eigenvalue weighted by molar-refractivity contribution is 0.0628. The molecule has 1 unspecified atom stereocenters. The van der Waals surface area contributed by atoms with Gasteiger partial charge in [-0.15, -0.1) is 0 Å². The van der Waals surface area contributed by atoms with Gasteiger partial charge in [-0.1, -0.05) is 6.92 Å². The van der Waals surface area contributed by atoms with Gasteiger partial charge >= 0.3 is 0 Å². The van der Waals surface area contributed by atoms with Gasteiger partial charge in [0.05, 0.1) is 12.2 Å². The highest BCUT2D eigenvalue weighted by Gasteiger charge is 2.13. The smallest absolute Gasteiger partial charge is 0.222 e. The van der Waals surface area contributed by atoms with E-state index in [9.17, 15) is 0 Å². The Kier molecular flexibility index (Phi) is 6.56. The first-order valence-electron chi connectivity index (χ1n) is 6.91. The van der Waals surface area contributed by atoms with Crippen molar-refractivity contribution in [2.75, 3.05) is 25.1 Å². The molecule has 1 heterocycles. The molecule has 1 aromatic rings. The summed E-state index contributed by atoms with van der Waals surface area (Å²) >= 11 is 0. The topological polar surface area (TPSA) is 56.3 Å². The summed E-state index contributed by atoms with van der Waals surface area (Å²) in [4.78, 5) is 8.77. The first-order chi connectivity index (χ1) is 9.08. The summed E-state index contributed by atoms with van der Waals surface area (Å²) in [6.07, 6.45) is 1.03. The number of rotatable bonds is 8. The van der Waals surface area contributed by atoms with Crippen LogP contribution in [0.2, 0.25) is 0 Å². The third-order valence-electron chi connectivity index (χ3n) is 2.62. The van der Waals surface area contributed by atoms with Crippen molar-refractivity contribution in [3.63, 3.8) is 0 Å². The maximum atomic E-state index is 5.83. The lowest BCUT2D eigenvalue weighted by atomic mass is 10.3. The van der Waals surface area contributed by atoms with Crippen LogP contribution >= 0.6 is 0 Å². The Morgan fingerprint density at radius 3 is 2.58 bits per heavy atom. The van der Waals surface area contributed by atoms with Crippen molar-refractivity contribution in [3.05, 3.63) is 11.4 Å². The van der Waals surface area contributed by atoms with Gasteiger partial charge in [0.1, 0.15) is 17.7 Å². The highest BCUT2D eigenvalue weighted by atomic mass is 16.5. The quantitative estimate of drug-likeness (QED) is 0.785. The van der Waals surface area contributed by atoms with Crippen LogP contribution in [-0.4, -0.2) is 35.8 Å². The van der Waals surface area contributed by atoms with Crippen LogP contribution in [0.25, 0.3) is 0 Å². The predicted molar refractivity (Wildman–Crippen MR) is 76.9 cm³/mol. The fraction of sp³-hybridized carbons (Fsp3) is 0.714. The SMILES string of the molecule is CCCNc1nc(C)nc(OC(C)COCC)c1C. The summed E-state index contributed by atoms with van der Waals surface area (Å²) in [5.41, 5.74) is 0.947. The lowest BCUT2D eigenvalue weighted by Gasteiger charge is -2.17. The molecular weight excluding hydrogens is 242 g/mol. The molecule has 0 aromatic carbocycles. The van der Waals surface area contributed by atoms with E-state index in [2.05, 4.69) is 22.2 Å². The van der Waals surface area contributed by atoms with Gasteiger partial charge in [0, 0.05) is 13.2 Å². The van der Waals surface area contributed by atoms with E-state index in [1.807, 2.05) is 27.7 Å². The zero-order valence-corrected chi connectivity index (χ0v) is 12.6.